The van der Waals surface area contributed by atoms with E-state index in [1.54, 1.807) is 49.5 Å². The van der Waals surface area contributed by atoms with Crippen molar-refractivity contribution < 1.29 is 9.53 Å². The highest BCUT2D eigenvalue weighted by molar-refractivity contribution is 6.42. The molecule has 1 heterocycles. The molecule has 0 aliphatic rings. The zero-order chi connectivity index (χ0) is 17.0. The minimum absolute atomic E-state index is 0.149. The molecular formula is C17H18Cl2N2O2. The van der Waals surface area contributed by atoms with Gasteiger partial charge in [-0.05, 0) is 43.2 Å². The Balaban J connectivity index is 2.04. The van der Waals surface area contributed by atoms with Gasteiger partial charge in [0.05, 0.1) is 5.02 Å². The van der Waals surface area contributed by atoms with Crippen LogP contribution in [0.3, 0.4) is 0 Å². The van der Waals surface area contributed by atoms with Crippen molar-refractivity contribution in [3.05, 3.63) is 57.8 Å². The Hall–Kier alpha value is -1.78. The molecule has 6 heteroatoms. The zero-order valence-electron chi connectivity index (χ0n) is 13.2. The molecule has 0 saturated carbocycles. The Morgan fingerprint density at radius 2 is 2.09 bits per heavy atom. The number of likely N-dealkylation sites (N-methyl/N-ethyl adjacent to an activating group) is 1. The third kappa shape index (κ3) is 4.36. The van der Waals surface area contributed by atoms with Crippen LogP contribution in [0, 0.1) is 6.92 Å². The first-order valence-corrected chi connectivity index (χ1v) is 7.91. The molecule has 4 nitrogen and oxygen atoms in total. The summed E-state index contributed by atoms with van der Waals surface area (Å²) in [7, 11) is 1.73. The van der Waals surface area contributed by atoms with Crippen LogP contribution >= 0.6 is 23.2 Å². The van der Waals surface area contributed by atoms with Crippen LogP contribution in [0.4, 0.5) is 0 Å². The fourth-order valence-electron chi connectivity index (χ4n) is 2.12. The Labute approximate surface area is 146 Å². The molecule has 1 aromatic heterocycles. The molecule has 2 aromatic rings. The lowest BCUT2D eigenvalue weighted by molar-refractivity contribution is -0.137. The van der Waals surface area contributed by atoms with Gasteiger partial charge in [-0.15, -0.1) is 0 Å². The maximum atomic E-state index is 12.5. The topological polar surface area (TPSA) is 42.4 Å². The summed E-state index contributed by atoms with van der Waals surface area (Å²) in [6, 6.07) is 6.99. The number of carbonyl (C=O) groups is 1. The molecule has 2 rings (SSSR count). The lowest BCUT2D eigenvalue weighted by Gasteiger charge is -2.23. The molecule has 1 aromatic carbocycles. The van der Waals surface area contributed by atoms with E-state index in [4.69, 9.17) is 27.9 Å². The number of aryl methyl sites for hydroxylation is 1. The number of amides is 1. The molecule has 0 fully saturated rings. The Kier molecular flexibility index (Phi) is 5.85. The number of halogens is 2. The van der Waals surface area contributed by atoms with Gasteiger partial charge in [0.2, 0.25) is 0 Å². The highest BCUT2D eigenvalue weighted by Gasteiger charge is 2.21. The Morgan fingerprint density at radius 1 is 1.35 bits per heavy atom. The quantitative estimate of drug-likeness (QED) is 0.812. The highest BCUT2D eigenvalue weighted by atomic mass is 35.5. The summed E-state index contributed by atoms with van der Waals surface area (Å²) in [5.74, 6) is 0.246. The first-order valence-electron chi connectivity index (χ1n) is 7.15. The molecule has 0 radical (unpaired) electrons. The van der Waals surface area contributed by atoms with Crippen LogP contribution in [-0.2, 0) is 11.3 Å². The third-order valence-electron chi connectivity index (χ3n) is 3.50. The van der Waals surface area contributed by atoms with E-state index in [-0.39, 0.29) is 5.91 Å². The van der Waals surface area contributed by atoms with Gasteiger partial charge in [-0.25, -0.2) is 0 Å². The summed E-state index contributed by atoms with van der Waals surface area (Å²) in [6.07, 6.45) is 2.82. The zero-order valence-corrected chi connectivity index (χ0v) is 14.7. The van der Waals surface area contributed by atoms with Crippen molar-refractivity contribution in [3.63, 3.8) is 0 Å². The fourth-order valence-corrected chi connectivity index (χ4v) is 2.46. The van der Waals surface area contributed by atoms with E-state index in [0.717, 1.165) is 11.1 Å². The molecule has 0 bridgehead atoms. The summed E-state index contributed by atoms with van der Waals surface area (Å²) < 4.78 is 5.65. The third-order valence-corrected chi connectivity index (χ3v) is 4.30. The standard InChI is InChI=1S/C17H18Cl2N2O2/c1-11-7-8-20-9-13(11)10-21(3)17(22)12(2)23-15-6-4-5-14(18)16(15)19/h4-9,12H,10H2,1-3H3/t12-/m0/s1. The molecule has 0 aliphatic carbocycles. The molecular weight excluding hydrogens is 335 g/mol. The van der Waals surface area contributed by atoms with Crippen molar-refractivity contribution in [3.8, 4) is 5.75 Å². The van der Waals surface area contributed by atoms with E-state index < -0.39 is 6.10 Å². The van der Waals surface area contributed by atoms with E-state index in [9.17, 15) is 4.79 Å². The van der Waals surface area contributed by atoms with Crippen molar-refractivity contribution >= 4 is 29.1 Å². The van der Waals surface area contributed by atoms with Crippen molar-refractivity contribution in [1.82, 2.24) is 9.88 Å². The first-order chi connectivity index (χ1) is 10.9. The Morgan fingerprint density at radius 3 is 2.78 bits per heavy atom. The second-order valence-corrected chi connectivity index (χ2v) is 6.09. The molecule has 1 atom stereocenters. The minimum atomic E-state index is -0.673. The maximum Gasteiger partial charge on any atom is 0.263 e. The van der Waals surface area contributed by atoms with Gasteiger partial charge in [-0.1, -0.05) is 29.3 Å². The number of benzene rings is 1. The lowest BCUT2D eigenvalue weighted by Crippen LogP contribution is -2.37. The van der Waals surface area contributed by atoms with Crippen molar-refractivity contribution in [2.75, 3.05) is 7.05 Å². The van der Waals surface area contributed by atoms with E-state index in [2.05, 4.69) is 4.98 Å². The van der Waals surface area contributed by atoms with Gasteiger partial charge < -0.3 is 9.64 Å². The normalized spacial score (nSPS) is 11.9. The van der Waals surface area contributed by atoms with E-state index in [1.807, 2.05) is 13.0 Å². The van der Waals surface area contributed by atoms with Gasteiger partial charge in [-0.3, -0.25) is 9.78 Å². The van der Waals surface area contributed by atoms with Crippen LogP contribution in [0.1, 0.15) is 18.1 Å². The van der Waals surface area contributed by atoms with E-state index in [1.165, 1.54) is 0 Å². The predicted molar refractivity (Wildman–Crippen MR) is 92.0 cm³/mol. The Bertz CT molecular complexity index is 707. The number of hydrogen-bond donors (Lipinski definition) is 0. The van der Waals surface area contributed by atoms with Crippen LogP contribution in [-0.4, -0.2) is 28.9 Å². The van der Waals surface area contributed by atoms with Gasteiger partial charge in [0.25, 0.3) is 5.91 Å². The molecule has 23 heavy (non-hydrogen) atoms. The second-order valence-electron chi connectivity index (χ2n) is 5.31. The first kappa shape index (κ1) is 17.6. The summed E-state index contributed by atoms with van der Waals surface area (Å²) >= 11 is 12.0. The SMILES string of the molecule is Cc1ccncc1CN(C)C(=O)[C@H](C)Oc1cccc(Cl)c1Cl. The van der Waals surface area contributed by atoms with Gasteiger partial charge >= 0.3 is 0 Å². The fraction of sp³-hybridized carbons (Fsp3) is 0.294. The van der Waals surface area contributed by atoms with Crippen LogP contribution in [0.15, 0.2) is 36.7 Å². The molecule has 0 N–H and O–H groups in total. The van der Waals surface area contributed by atoms with Crippen molar-refractivity contribution in [2.24, 2.45) is 0 Å². The average molecular weight is 353 g/mol. The number of ether oxygens (including phenoxy) is 1. The van der Waals surface area contributed by atoms with Gasteiger partial charge in [0.1, 0.15) is 10.8 Å². The van der Waals surface area contributed by atoms with Crippen LogP contribution < -0.4 is 4.74 Å². The van der Waals surface area contributed by atoms with E-state index in [0.29, 0.717) is 22.3 Å². The average Bonchev–Trinajstić information content (AvgIpc) is 2.53. The summed E-state index contributed by atoms with van der Waals surface area (Å²) in [4.78, 5) is 18.2. The number of carbonyl (C=O) groups excluding carboxylic acids is 1. The second kappa shape index (κ2) is 7.66. The molecule has 0 aliphatic heterocycles. The van der Waals surface area contributed by atoms with E-state index >= 15 is 0 Å². The highest BCUT2D eigenvalue weighted by Crippen LogP contribution is 2.32. The number of aromatic nitrogens is 1. The monoisotopic (exact) mass is 352 g/mol. The summed E-state index contributed by atoms with van der Waals surface area (Å²) in [5, 5.41) is 0.697. The minimum Gasteiger partial charge on any atom is -0.479 e. The van der Waals surface area contributed by atoms with Gasteiger partial charge in [0.15, 0.2) is 6.10 Å². The van der Waals surface area contributed by atoms with Gasteiger partial charge in [0, 0.05) is 26.0 Å². The van der Waals surface area contributed by atoms with Crippen molar-refractivity contribution in [1.29, 1.82) is 0 Å². The number of pyridine rings is 1. The molecule has 0 unspecified atom stereocenters. The van der Waals surface area contributed by atoms with Crippen LogP contribution in [0.25, 0.3) is 0 Å². The largest absolute Gasteiger partial charge is 0.479 e. The summed E-state index contributed by atoms with van der Waals surface area (Å²) in [5.41, 5.74) is 2.09. The van der Waals surface area contributed by atoms with Crippen molar-refractivity contribution in [2.45, 2.75) is 26.5 Å². The van der Waals surface area contributed by atoms with Crippen LogP contribution in [0.2, 0.25) is 10.0 Å². The summed E-state index contributed by atoms with van der Waals surface area (Å²) in [6.45, 7) is 4.14. The predicted octanol–water partition coefficient (Wildman–Crippen LogP) is 4.12. The molecule has 0 saturated heterocycles. The molecule has 0 spiro atoms. The number of hydrogen-bond acceptors (Lipinski definition) is 3. The van der Waals surface area contributed by atoms with Crippen LogP contribution in [0.5, 0.6) is 5.75 Å². The van der Waals surface area contributed by atoms with Gasteiger partial charge in [-0.2, -0.15) is 0 Å². The molecule has 122 valence electrons. The number of nitrogens with zero attached hydrogens (tertiary/aromatic N) is 2. The number of rotatable bonds is 5. The smallest absolute Gasteiger partial charge is 0.263 e. The molecule has 1 amide bonds. The lowest BCUT2D eigenvalue weighted by atomic mass is 10.1. The maximum absolute atomic E-state index is 12.5.